The van der Waals surface area contributed by atoms with Crippen LogP contribution in [-0.4, -0.2) is 0 Å². The third kappa shape index (κ3) is 37.3. The minimum atomic E-state index is 0. The van der Waals surface area contributed by atoms with E-state index in [1.54, 1.807) is 0 Å². The number of halogens is 1. The van der Waals surface area contributed by atoms with Crippen LogP contribution >= 0.6 is 12.4 Å². The minimum Gasteiger partial charge on any atom is -0.147 e. The molecule has 0 fully saturated rings. The summed E-state index contributed by atoms with van der Waals surface area (Å²) in [4.78, 5) is 0. The second kappa shape index (κ2) is 163. The summed E-state index contributed by atoms with van der Waals surface area (Å²) in [5, 5.41) is 12.0. The number of hydrogen-bond acceptors (Lipinski definition) is 2. The third-order valence-electron chi connectivity index (χ3n) is 0. The van der Waals surface area contributed by atoms with E-state index < -0.39 is 0 Å². The van der Waals surface area contributed by atoms with Crippen molar-refractivity contribution in [3.8, 4) is 0 Å². The van der Waals surface area contributed by atoms with Crippen LogP contribution in [0.2, 0.25) is 0 Å². The summed E-state index contributed by atoms with van der Waals surface area (Å²) in [7, 11) is 0. The van der Waals surface area contributed by atoms with E-state index in [0.29, 0.717) is 0 Å². The Kier molecular flexibility index (Phi) is 1110. The summed E-state index contributed by atoms with van der Waals surface area (Å²) < 4.78 is 0. The van der Waals surface area contributed by atoms with Crippen LogP contribution in [-0.2, 0) is 19.5 Å². The first-order chi connectivity index (χ1) is 1.00. The molecule has 4 heavy (non-hydrogen) atoms. The smallest absolute Gasteiger partial charge is 0 e. The topological polar surface area (TPSA) is 47.6 Å². The molecular weight excluding hydrogens is 129 g/mol. The van der Waals surface area contributed by atoms with Gasteiger partial charge in [-0.1, -0.05) is 0 Å². The van der Waals surface area contributed by atoms with Gasteiger partial charge in [-0.3, -0.25) is 0 Å². The second-order valence-electron chi connectivity index (χ2n) is 0. The van der Waals surface area contributed by atoms with Gasteiger partial charge >= 0.3 is 0 Å². The van der Waals surface area contributed by atoms with Crippen molar-refractivity contribution in [3.63, 3.8) is 0 Å². The largest absolute Gasteiger partial charge is 0.147 e. The van der Waals surface area contributed by atoms with Crippen molar-refractivity contribution in [3.05, 3.63) is 0 Å². The molecule has 0 rings (SSSR count). The molecule has 0 heterocycles. The van der Waals surface area contributed by atoms with Crippen molar-refractivity contribution in [2.45, 2.75) is 0 Å². The fourth-order valence-electron chi connectivity index (χ4n) is 0. The summed E-state index contributed by atoms with van der Waals surface area (Å²) in [6.45, 7) is 0. The van der Waals surface area contributed by atoms with Gasteiger partial charge in [0.25, 0.3) is 0 Å². The fourth-order valence-corrected chi connectivity index (χ4v) is 0. The van der Waals surface area contributed by atoms with E-state index in [4.69, 9.17) is 10.8 Å². The molecule has 0 atom stereocenters. The van der Waals surface area contributed by atoms with Gasteiger partial charge in [0.2, 0.25) is 0 Å². The normalized spacial score (nSPS) is 0.500. The summed E-state index contributed by atoms with van der Waals surface area (Å²) in [6.07, 6.45) is 0. The van der Waals surface area contributed by atoms with Crippen LogP contribution in [0.1, 0.15) is 0 Å². The Morgan fingerprint density at radius 1 is 1.00 bits per heavy atom. The first-order valence-electron chi connectivity index (χ1n) is 0.200. The second-order valence-corrected chi connectivity index (χ2v) is 0. The number of rotatable bonds is 0. The predicted octanol–water partition coefficient (Wildman–Crippen LogP) is 0.449. The Balaban J connectivity index is -0.00000000500. The Labute approximate surface area is 43.2 Å². The molecule has 0 N–H and O–H groups in total. The van der Waals surface area contributed by atoms with Gasteiger partial charge in [0, 0.05) is 30.3 Å². The van der Waals surface area contributed by atoms with Crippen LogP contribution in [0.15, 0.2) is 0 Å². The predicted molar refractivity (Wildman–Crippen MR) is 10.7 cm³/mol. The van der Waals surface area contributed by atoms with Gasteiger partial charge in [-0.25, -0.2) is 0 Å². The first kappa shape index (κ1) is 27.1. The summed E-state index contributed by atoms with van der Waals surface area (Å²) in [6, 6.07) is 0. The maximum absolute atomic E-state index is 6.00. The maximum atomic E-state index is 6.00. The van der Waals surface area contributed by atoms with E-state index in [9.17, 15) is 0 Å². The summed E-state index contributed by atoms with van der Waals surface area (Å²) in [5.41, 5.74) is 0. The molecule has 0 aromatic carbocycles. The van der Waals surface area contributed by atoms with Crippen LogP contribution in [0.3, 0.4) is 0 Å². The van der Waals surface area contributed by atoms with Crippen LogP contribution in [0.5, 0.6) is 0 Å². The molecular formula is HClN2Zn. The van der Waals surface area contributed by atoms with Crippen LogP contribution in [0.4, 0.5) is 0 Å². The van der Waals surface area contributed by atoms with E-state index in [1.807, 2.05) is 0 Å². The molecule has 0 saturated heterocycles. The molecule has 0 radical (unpaired) electrons. The minimum absolute atomic E-state index is 0. The van der Waals surface area contributed by atoms with Gasteiger partial charge in [0.1, 0.15) is 0 Å². The molecule has 0 aliphatic rings. The van der Waals surface area contributed by atoms with Crippen molar-refractivity contribution in [1.82, 2.24) is 0 Å². The molecule has 0 aliphatic carbocycles. The van der Waals surface area contributed by atoms with E-state index in [2.05, 4.69) is 0 Å². The van der Waals surface area contributed by atoms with E-state index >= 15 is 0 Å². The molecule has 0 aromatic heterocycles. The van der Waals surface area contributed by atoms with Gasteiger partial charge in [-0.05, 0) is 0 Å². The van der Waals surface area contributed by atoms with Crippen molar-refractivity contribution in [2.24, 2.45) is 0 Å². The van der Waals surface area contributed by atoms with Crippen LogP contribution < -0.4 is 0 Å². The van der Waals surface area contributed by atoms with Crippen molar-refractivity contribution < 1.29 is 19.5 Å². The number of nitrogens with zero attached hydrogens (tertiary/aromatic N) is 2. The monoisotopic (exact) mass is 128 g/mol. The van der Waals surface area contributed by atoms with E-state index in [0.717, 1.165) is 0 Å². The average molecular weight is 130 g/mol. The summed E-state index contributed by atoms with van der Waals surface area (Å²) in [5.74, 6) is 0. The zero-order valence-electron chi connectivity index (χ0n) is 2.01. The van der Waals surface area contributed by atoms with Crippen LogP contribution in [0.25, 0.3) is 0 Å². The molecule has 0 bridgehead atoms. The Bertz CT molecular complexity index is 10.8. The molecule has 0 spiro atoms. The standard InChI is InChI=1S/ClH.N2.Zn/c;1-2;/h1H;;. The van der Waals surface area contributed by atoms with Gasteiger partial charge in [-0.15, -0.1) is 12.4 Å². The zero-order chi connectivity index (χ0) is 2.00. The van der Waals surface area contributed by atoms with Gasteiger partial charge < -0.3 is 0 Å². The molecule has 4 heteroatoms. The van der Waals surface area contributed by atoms with E-state index in [1.165, 1.54) is 0 Å². The average Bonchev–Trinajstić information content (AvgIpc) is 1.00. The van der Waals surface area contributed by atoms with Gasteiger partial charge in [-0.2, -0.15) is 0 Å². The molecule has 0 amide bonds. The number of hydrogen-bond donors (Lipinski definition) is 0. The van der Waals surface area contributed by atoms with Gasteiger partial charge in [0.05, 0.1) is 0 Å². The quantitative estimate of drug-likeness (QED) is 0.353. The molecule has 0 aromatic rings. The van der Waals surface area contributed by atoms with Gasteiger partial charge in [0.15, 0.2) is 0 Å². The van der Waals surface area contributed by atoms with Crippen LogP contribution in [0, 0.1) is 10.8 Å². The third-order valence-corrected chi connectivity index (χ3v) is 0. The SMILES string of the molecule is Cl.N#N.[Zn]. The molecule has 20 valence electrons. The summed E-state index contributed by atoms with van der Waals surface area (Å²) >= 11 is 0. The first-order valence-corrected chi connectivity index (χ1v) is 0.200. The Morgan fingerprint density at radius 2 is 1.00 bits per heavy atom. The zero-order valence-corrected chi connectivity index (χ0v) is 5.79. The Hall–Kier alpha value is 0.333. The molecule has 0 unspecified atom stereocenters. The van der Waals surface area contributed by atoms with Crippen molar-refractivity contribution in [1.29, 1.82) is 10.8 Å². The maximum Gasteiger partial charge on any atom is 0 e. The Morgan fingerprint density at radius 3 is 1.00 bits per heavy atom. The molecule has 2 nitrogen and oxygen atoms in total. The molecule has 0 aliphatic heterocycles. The van der Waals surface area contributed by atoms with Crippen molar-refractivity contribution >= 4 is 12.4 Å². The molecule has 0 saturated carbocycles. The van der Waals surface area contributed by atoms with E-state index in [-0.39, 0.29) is 31.9 Å². The fraction of sp³-hybridized carbons (Fsp3) is 0. The van der Waals surface area contributed by atoms with Crippen molar-refractivity contribution in [2.75, 3.05) is 0 Å².